The van der Waals surface area contributed by atoms with Crippen LogP contribution < -0.4 is 14.8 Å². The van der Waals surface area contributed by atoms with Crippen molar-refractivity contribution in [2.75, 3.05) is 19.5 Å². The predicted octanol–water partition coefficient (Wildman–Crippen LogP) is 4.71. The number of hydrogen-bond acceptors (Lipinski definition) is 5. The minimum Gasteiger partial charge on any atom is -0.497 e. The lowest BCUT2D eigenvalue weighted by Gasteiger charge is -2.17. The highest BCUT2D eigenvalue weighted by Crippen LogP contribution is 2.37. The van der Waals surface area contributed by atoms with Gasteiger partial charge in [0.05, 0.1) is 35.6 Å². The number of para-hydroxylation sites is 2. The zero-order valence-electron chi connectivity index (χ0n) is 15.9. The molecule has 0 bridgehead atoms. The summed E-state index contributed by atoms with van der Waals surface area (Å²) in [6.07, 6.45) is 0. The van der Waals surface area contributed by atoms with Crippen LogP contribution in [0.1, 0.15) is 21.6 Å². The fourth-order valence-corrected chi connectivity index (χ4v) is 3.27. The molecule has 3 aromatic rings. The molecule has 0 amide bonds. The largest absolute Gasteiger partial charge is 0.497 e. The van der Waals surface area contributed by atoms with E-state index < -0.39 is 5.97 Å². The fourth-order valence-electron chi connectivity index (χ4n) is 2.92. The van der Waals surface area contributed by atoms with Crippen molar-refractivity contribution in [3.05, 3.63) is 57.7 Å². The Labute approximate surface area is 171 Å². The van der Waals surface area contributed by atoms with Gasteiger partial charge < -0.3 is 19.9 Å². The Morgan fingerprint density at radius 1 is 1.18 bits per heavy atom. The quantitative estimate of drug-likeness (QED) is 0.571. The van der Waals surface area contributed by atoms with E-state index in [0.29, 0.717) is 23.0 Å². The van der Waals surface area contributed by atoms with Gasteiger partial charge >= 0.3 is 5.97 Å². The smallest absolute Gasteiger partial charge is 0.337 e. The van der Waals surface area contributed by atoms with Crippen LogP contribution in [0.5, 0.6) is 11.5 Å². The molecule has 0 unspecified atom stereocenters. The lowest BCUT2D eigenvalue weighted by atomic mass is 10.1. The molecule has 0 saturated heterocycles. The van der Waals surface area contributed by atoms with E-state index in [1.165, 1.54) is 13.2 Å². The molecule has 0 aliphatic carbocycles. The molecule has 0 radical (unpaired) electrons. The van der Waals surface area contributed by atoms with Gasteiger partial charge in [0.1, 0.15) is 23.0 Å². The Kier molecular flexibility index (Phi) is 5.60. The van der Waals surface area contributed by atoms with E-state index in [2.05, 4.69) is 26.3 Å². The second-order valence-corrected chi connectivity index (χ2v) is 6.92. The molecule has 0 fully saturated rings. The van der Waals surface area contributed by atoms with Gasteiger partial charge in [0, 0.05) is 0 Å². The first-order chi connectivity index (χ1) is 13.4. The Bertz CT molecular complexity index is 1050. The summed E-state index contributed by atoms with van der Waals surface area (Å²) < 4.78 is 13.1. The molecule has 28 heavy (non-hydrogen) atoms. The van der Waals surface area contributed by atoms with E-state index in [4.69, 9.17) is 9.47 Å². The first-order valence-corrected chi connectivity index (χ1v) is 9.24. The fraction of sp³-hybridized carbons (Fsp3) is 0.200. The molecule has 0 saturated carbocycles. The highest BCUT2D eigenvalue weighted by atomic mass is 79.9. The van der Waals surface area contributed by atoms with Crippen molar-refractivity contribution in [2.24, 2.45) is 0 Å². The number of methoxy groups -OCH3 is 2. The predicted molar refractivity (Wildman–Crippen MR) is 111 cm³/mol. The van der Waals surface area contributed by atoms with Crippen LogP contribution in [0.25, 0.3) is 5.69 Å². The van der Waals surface area contributed by atoms with Crippen molar-refractivity contribution < 1.29 is 19.4 Å². The first kappa shape index (κ1) is 19.8. The van der Waals surface area contributed by atoms with Crippen molar-refractivity contribution in [3.63, 3.8) is 0 Å². The van der Waals surface area contributed by atoms with E-state index in [0.717, 1.165) is 21.4 Å². The van der Waals surface area contributed by atoms with E-state index in [-0.39, 0.29) is 5.56 Å². The van der Waals surface area contributed by atoms with Gasteiger partial charge in [-0.15, -0.1) is 0 Å². The number of benzene rings is 2. The van der Waals surface area contributed by atoms with Gasteiger partial charge in [-0.05, 0) is 59.6 Å². The van der Waals surface area contributed by atoms with Crippen LogP contribution in [0.2, 0.25) is 0 Å². The molecule has 0 spiro atoms. The van der Waals surface area contributed by atoms with Gasteiger partial charge in [-0.3, -0.25) is 0 Å². The van der Waals surface area contributed by atoms with E-state index >= 15 is 0 Å². The maximum atomic E-state index is 11.8. The summed E-state index contributed by atoms with van der Waals surface area (Å²) in [5, 5.41) is 17.5. The maximum absolute atomic E-state index is 11.8. The second kappa shape index (κ2) is 7.93. The lowest BCUT2D eigenvalue weighted by molar-refractivity contribution is 0.0697. The average molecular weight is 446 g/mol. The molecular weight excluding hydrogens is 426 g/mol. The van der Waals surface area contributed by atoms with Gasteiger partial charge in [-0.25, -0.2) is 9.48 Å². The zero-order valence-corrected chi connectivity index (χ0v) is 17.5. The third-order valence-electron chi connectivity index (χ3n) is 4.32. The summed E-state index contributed by atoms with van der Waals surface area (Å²) in [5.74, 6) is 0.665. The van der Waals surface area contributed by atoms with Crippen LogP contribution in [0.4, 0.5) is 11.5 Å². The number of hydrogen-bond donors (Lipinski definition) is 2. The molecule has 0 atom stereocenters. The number of carboxylic acids is 1. The Morgan fingerprint density at radius 2 is 1.89 bits per heavy atom. The highest BCUT2D eigenvalue weighted by Gasteiger charge is 2.21. The molecule has 2 N–H and O–H groups in total. The van der Waals surface area contributed by atoms with Gasteiger partial charge in [-0.2, -0.15) is 5.10 Å². The SMILES string of the molecule is COc1cc(C)c(Nc2c(Br)c(C)nn2-c2ccccc2OC)c(C(=O)O)c1. The number of aromatic carboxylic acids is 1. The number of nitrogens with one attached hydrogen (secondary N) is 1. The Balaban J connectivity index is 2.18. The molecule has 7 nitrogen and oxygen atoms in total. The Hall–Kier alpha value is -3.00. The van der Waals surface area contributed by atoms with Gasteiger partial charge in [0.25, 0.3) is 0 Å². The number of anilines is 2. The van der Waals surface area contributed by atoms with Crippen LogP contribution in [-0.2, 0) is 0 Å². The van der Waals surface area contributed by atoms with Crippen LogP contribution >= 0.6 is 15.9 Å². The summed E-state index contributed by atoms with van der Waals surface area (Å²) in [5.41, 5.74) is 2.77. The van der Waals surface area contributed by atoms with Crippen LogP contribution in [0.15, 0.2) is 40.9 Å². The minimum atomic E-state index is -1.05. The van der Waals surface area contributed by atoms with Crippen molar-refractivity contribution in [3.8, 4) is 17.2 Å². The lowest BCUT2D eigenvalue weighted by Crippen LogP contribution is -2.09. The Morgan fingerprint density at radius 3 is 2.54 bits per heavy atom. The minimum absolute atomic E-state index is 0.106. The van der Waals surface area contributed by atoms with E-state index in [1.807, 2.05) is 38.1 Å². The molecular formula is C20H20BrN3O4. The molecule has 1 aromatic heterocycles. The molecule has 8 heteroatoms. The monoisotopic (exact) mass is 445 g/mol. The number of aryl methyl sites for hydroxylation is 2. The number of aromatic nitrogens is 2. The number of carbonyl (C=O) groups is 1. The van der Waals surface area contributed by atoms with Gasteiger partial charge in [0.15, 0.2) is 0 Å². The second-order valence-electron chi connectivity index (χ2n) is 6.13. The highest BCUT2D eigenvalue weighted by molar-refractivity contribution is 9.10. The number of carboxylic acid groups (broad SMARTS) is 1. The molecule has 0 aliphatic heterocycles. The summed E-state index contributed by atoms with van der Waals surface area (Å²) in [6.45, 7) is 3.68. The van der Waals surface area contributed by atoms with Crippen LogP contribution in [-0.4, -0.2) is 35.1 Å². The van der Waals surface area contributed by atoms with E-state index in [1.54, 1.807) is 17.9 Å². The molecule has 146 valence electrons. The van der Waals surface area contributed by atoms with Gasteiger partial charge in [0.2, 0.25) is 0 Å². The number of ether oxygens (including phenoxy) is 2. The van der Waals surface area contributed by atoms with Crippen LogP contribution in [0, 0.1) is 13.8 Å². The normalized spacial score (nSPS) is 10.6. The molecule has 3 rings (SSSR count). The summed E-state index contributed by atoms with van der Waals surface area (Å²) in [7, 11) is 3.09. The first-order valence-electron chi connectivity index (χ1n) is 8.44. The molecule has 1 heterocycles. The molecule has 2 aromatic carbocycles. The molecule has 0 aliphatic rings. The number of nitrogens with zero attached hydrogens (tertiary/aromatic N) is 2. The maximum Gasteiger partial charge on any atom is 0.337 e. The summed E-state index contributed by atoms with van der Waals surface area (Å²) in [4.78, 5) is 11.8. The van der Waals surface area contributed by atoms with Crippen molar-refractivity contribution in [1.29, 1.82) is 0 Å². The number of halogens is 1. The van der Waals surface area contributed by atoms with Crippen LogP contribution in [0.3, 0.4) is 0 Å². The average Bonchev–Trinajstić information content (AvgIpc) is 2.97. The third-order valence-corrected chi connectivity index (χ3v) is 5.27. The van der Waals surface area contributed by atoms with Crippen molar-refractivity contribution in [1.82, 2.24) is 9.78 Å². The van der Waals surface area contributed by atoms with Crippen molar-refractivity contribution >= 4 is 33.4 Å². The van der Waals surface area contributed by atoms with Gasteiger partial charge in [-0.1, -0.05) is 12.1 Å². The standard InChI is InChI=1S/C20H20BrN3O4/c1-11-9-13(27-3)10-14(20(25)26)18(11)22-19-17(21)12(2)23-24(19)15-7-5-6-8-16(15)28-4/h5-10,22H,1-4H3,(H,25,26). The van der Waals surface area contributed by atoms with E-state index in [9.17, 15) is 9.90 Å². The summed E-state index contributed by atoms with van der Waals surface area (Å²) >= 11 is 3.56. The zero-order chi connectivity index (χ0) is 20.4. The third kappa shape index (κ3) is 3.55. The topological polar surface area (TPSA) is 85.6 Å². The van der Waals surface area contributed by atoms with Crippen molar-refractivity contribution in [2.45, 2.75) is 13.8 Å². The number of rotatable bonds is 6. The summed E-state index contributed by atoms with van der Waals surface area (Å²) in [6, 6.07) is 10.7.